The van der Waals surface area contributed by atoms with Gasteiger partial charge >= 0.3 is 0 Å². The molecule has 1 fully saturated rings. The van der Waals surface area contributed by atoms with Crippen LogP contribution in [-0.4, -0.2) is 171 Å². The first kappa shape index (κ1) is 104. The SMILES string of the molecule is C[C@@H]1CC(=O)Nc2ccc(O[C@@H](C)c3ccccc3)cc2O1.C[C@@H]1CC(=O)Nc2cccc(-c3ccc(CNS(C)(=O)=O)cc3)c2N1.C[C@@H]1CC(=O)Nc2cccc(-c3ccc4c(cnn4S(C)(=O)=O)c3)c2O1.C[C@@H]1CC(=O)Nc2cccc(-c3cccc(CCS(C)(=O)=O)c3)c2N1.C[C@@H]1CC(=O)Nc2cccc(-c3cccc(N(C)C)c3)c2N1.C[C@@H]1CC(=O)Nc2cccc(-c3cccc(N4CCOCC4)c3)c2N1. The summed E-state index contributed by atoms with van der Waals surface area (Å²) in [5, 5.41) is 36.1. The number of benzene rings is 12. The second kappa shape index (κ2) is 46.5. The summed E-state index contributed by atoms with van der Waals surface area (Å²) in [6.45, 7) is 17.4. The summed E-state index contributed by atoms with van der Waals surface area (Å²) in [4.78, 5) is 75.7. The molecule has 12 aromatic carbocycles. The van der Waals surface area contributed by atoms with Crippen LogP contribution in [0, 0.1) is 0 Å². The largest absolute Gasteiger partial charge is 0.488 e. The number of sulfonamides is 1. The zero-order chi connectivity index (χ0) is 103. The molecule has 20 rings (SSSR count). The Morgan fingerprint density at radius 3 is 1.38 bits per heavy atom. The van der Waals surface area contributed by atoms with E-state index in [2.05, 4.69) is 133 Å². The number of amides is 6. The molecule has 1 saturated heterocycles. The zero-order valence-corrected chi connectivity index (χ0v) is 85.6. The predicted molar refractivity (Wildman–Crippen MR) is 579 cm³/mol. The van der Waals surface area contributed by atoms with Crippen molar-refractivity contribution < 1.29 is 73.0 Å². The number of hydrogen-bond donors (Lipinski definition) is 11. The van der Waals surface area contributed by atoms with Crippen molar-refractivity contribution in [1.29, 1.82) is 0 Å². The van der Waals surface area contributed by atoms with Crippen molar-refractivity contribution in [2.24, 2.45) is 0 Å². The van der Waals surface area contributed by atoms with Gasteiger partial charge in [0.1, 0.15) is 39.6 Å². The summed E-state index contributed by atoms with van der Waals surface area (Å²) >= 11 is 0. The highest BCUT2D eigenvalue weighted by Gasteiger charge is 2.30. The lowest BCUT2D eigenvalue weighted by atomic mass is 9.99. The van der Waals surface area contributed by atoms with Crippen molar-refractivity contribution in [2.75, 3.05) is 128 Å². The monoisotopic (exact) mass is 2020 g/mol. The molecule has 0 spiro atoms. The summed E-state index contributed by atoms with van der Waals surface area (Å²) in [6, 6.07) is 83.0. The molecule has 6 amide bonds. The fourth-order valence-electron chi connectivity index (χ4n) is 17.8. The summed E-state index contributed by atoms with van der Waals surface area (Å²) < 4.78 is 95.5. The first-order valence-electron chi connectivity index (χ1n) is 48.2. The van der Waals surface area contributed by atoms with Gasteiger partial charge in [-0.15, -0.1) is 0 Å². The Balaban J connectivity index is 0.000000131. The highest BCUT2D eigenvalue weighted by atomic mass is 32.2. The topological polar surface area (TPSA) is 398 Å². The maximum atomic E-state index is 12.0. The van der Waals surface area contributed by atoms with Gasteiger partial charge in [-0.2, -0.15) is 9.19 Å². The van der Waals surface area contributed by atoms with Gasteiger partial charge in [-0.1, -0.05) is 170 Å². The third-order valence-electron chi connectivity index (χ3n) is 24.7. The van der Waals surface area contributed by atoms with Crippen LogP contribution in [0.1, 0.15) is 110 Å². The average molecular weight is 2020 g/mol. The van der Waals surface area contributed by atoms with Crippen molar-refractivity contribution in [3.05, 3.63) is 278 Å². The van der Waals surface area contributed by atoms with E-state index in [4.69, 9.17) is 18.9 Å². The van der Waals surface area contributed by atoms with Gasteiger partial charge < -0.3 is 81.9 Å². The number of para-hydroxylation sites is 5. The minimum atomic E-state index is -3.46. The molecule has 0 unspecified atom stereocenters. The lowest BCUT2D eigenvalue weighted by Crippen LogP contribution is -2.36. The van der Waals surface area contributed by atoms with Crippen molar-refractivity contribution in [3.63, 3.8) is 0 Å². The van der Waals surface area contributed by atoms with Gasteiger partial charge in [0.15, 0.2) is 5.75 Å². The molecule has 13 aromatic rings. The van der Waals surface area contributed by atoms with Crippen LogP contribution in [0.4, 0.5) is 68.2 Å². The average Bonchev–Trinajstić information content (AvgIpc) is 1.67. The van der Waals surface area contributed by atoms with Crippen LogP contribution in [0.25, 0.3) is 66.5 Å². The number of anilines is 12. The molecule has 0 saturated carbocycles. The molecular formula is C111H123N15O16S3. The molecule has 7 aliphatic rings. The predicted octanol–water partition coefficient (Wildman–Crippen LogP) is 19.1. The number of sulfone groups is 1. The fourth-order valence-corrected chi connectivity index (χ4v) is 19.6. The van der Waals surface area contributed by atoms with Gasteiger partial charge in [0.2, 0.25) is 45.5 Å². The number of nitrogens with zero attached hydrogens (tertiary/aromatic N) is 4. The maximum Gasteiger partial charge on any atom is 0.251 e. The van der Waals surface area contributed by atoms with E-state index in [1.54, 1.807) is 12.1 Å². The van der Waals surface area contributed by atoms with Gasteiger partial charge in [0, 0.05) is 140 Å². The van der Waals surface area contributed by atoms with E-state index in [0.29, 0.717) is 72.3 Å². The van der Waals surface area contributed by atoms with Crippen LogP contribution in [-0.2, 0) is 76.4 Å². The van der Waals surface area contributed by atoms with Crippen LogP contribution in [0.15, 0.2) is 261 Å². The number of rotatable bonds is 17. The zero-order valence-electron chi connectivity index (χ0n) is 83.1. The van der Waals surface area contributed by atoms with Gasteiger partial charge in [-0.05, 0) is 178 Å². The Labute approximate surface area is 846 Å². The van der Waals surface area contributed by atoms with Gasteiger partial charge in [0.05, 0.1) is 113 Å². The number of ether oxygens (including phenoxy) is 4. The molecule has 756 valence electrons. The van der Waals surface area contributed by atoms with Crippen molar-refractivity contribution in [3.8, 4) is 72.9 Å². The van der Waals surface area contributed by atoms with E-state index in [1.807, 2.05) is 245 Å². The third kappa shape index (κ3) is 28.1. The number of hydrogen-bond acceptors (Lipinski definition) is 23. The molecule has 34 heteroatoms. The molecule has 0 bridgehead atoms. The standard InChI is InChI=1S/C20H23N3O2.C19H22N2O3S.C18H17N3O4S.C18H21N3O3S.C18H21N3O.C18H19NO3/c1-14-12-19(24)22-18-7-3-6-17(20(18)21-14)15-4-2-5-16(13-15)23-8-10-25-11-9-23;1-13-11-18(22)21-17-8-4-7-16(19(17)20-13)15-6-3-5-14(12-15)9-10-25(2,23)24;1-11-8-17(22)20-15-5-3-4-14(18(15)25-11)12-6-7-16-13(9-12)10-19-21(16)26(2,23)24;1-12-10-17(22)21-16-5-3-4-15(18(16)20-12)14-8-6-13(7-9-14)11-19-25(2,23)24;1-12-10-17(22)20-16-9-5-8-15(18(16)19-12)13-6-4-7-14(11-13)21(2)3;1-12-10-18(20)19-16-9-8-15(11-17(16)21-12)22-13(2)14-6-4-3-5-7-14/h2-7,13-14,21H,8-12H2,1H3,(H,22,24);3-8,12-13,20H,9-11H2,1-2H3,(H,21,22);3-7,9-11H,8H2,1-2H3,(H,20,22);3-9,12,19-20H,10-11H2,1-2H3,(H,21,22);4-9,11-12,19H,10H2,1-3H3,(H,20,22);3-9,11-13H,10H2,1-2H3,(H,19,20)/t14-;13-;11-;2*12-;12-,13+/m111111/s1. The summed E-state index contributed by atoms with van der Waals surface area (Å²) in [5.41, 5.74) is 24.4. The van der Waals surface area contributed by atoms with Gasteiger partial charge in [-0.3, -0.25) is 28.8 Å². The van der Waals surface area contributed by atoms with E-state index in [-0.39, 0.29) is 96.6 Å². The van der Waals surface area contributed by atoms with E-state index in [9.17, 15) is 54.0 Å². The Morgan fingerprint density at radius 2 is 0.869 bits per heavy atom. The molecule has 7 aliphatic heterocycles. The number of carbonyl (C=O) groups is 6. The molecule has 145 heavy (non-hydrogen) atoms. The molecule has 8 heterocycles. The van der Waals surface area contributed by atoms with Crippen molar-refractivity contribution in [2.45, 2.75) is 142 Å². The smallest absolute Gasteiger partial charge is 0.251 e. The number of morpholine rings is 1. The van der Waals surface area contributed by atoms with Crippen LogP contribution in [0.3, 0.4) is 0 Å². The first-order chi connectivity index (χ1) is 69.3. The lowest BCUT2D eigenvalue weighted by Gasteiger charge is -2.29. The molecule has 0 radical (unpaired) electrons. The second-order valence-corrected chi connectivity index (χ2v) is 43.4. The highest BCUT2D eigenvalue weighted by molar-refractivity contribution is 7.90. The van der Waals surface area contributed by atoms with Crippen LogP contribution >= 0.6 is 0 Å². The summed E-state index contributed by atoms with van der Waals surface area (Å²) in [6.07, 6.45) is 7.50. The van der Waals surface area contributed by atoms with Gasteiger partial charge in [-0.25, -0.2) is 30.0 Å². The lowest BCUT2D eigenvalue weighted by molar-refractivity contribution is -0.118. The Morgan fingerprint density at radius 1 is 0.428 bits per heavy atom. The highest BCUT2D eigenvalue weighted by Crippen LogP contribution is 2.45. The number of aromatic nitrogens is 2. The van der Waals surface area contributed by atoms with Crippen molar-refractivity contribution >= 4 is 144 Å². The number of carbonyl (C=O) groups excluding carboxylic acids is 6. The number of nitrogens with one attached hydrogen (secondary N) is 11. The second-order valence-electron chi connectivity index (χ2n) is 37.5. The van der Waals surface area contributed by atoms with E-state index >= 15 is 0 Å². The van der Waals surface area contributed by atoms with Crippen LogP contribution in [0.5, 0.6) is 17.2 Å². The molecule has 11 N–H and O–H groups in total. The fraction of sp³-hybridized carbons (Fsp3) is 0.288. The van der Waals surface area contributed by atoms with E-state index in [0.717, 1.165) is 172 Å². The normalized spacial score (nSPS) is 17.9. The molecule has 7 atom stereocenters. The Hall–Kier alpha value is -15.1. The molecular weight excluding hydrogens is 1900 g/mol. The summed E-state index contributed by atoms with van der Waals surface area (Å²) in [5.74, 6) is 2.10. The maximum absolute atomic E-state index is 12.0. The minimum Gasteiger partial charge on any atom is -0.488 e. The molecule has 0 aliphatic carbocycles. The molecule has 31 nitrogen and oxygen atoms in total. The quantitative estimate of drug-likeness (QED) is 0.0403. The molecule has 1 aromatic heterocycles. The van der Waals surface area contributed by atoms with Crippen LogP contribution in [0.2, 0.25) is 0 Å². The first-order valence-corrected chi connectivity index (χ1v) is 54.0. The van der Waals surface area contributed by atoms with Crippen LogP contribution < -0.4 is 81.9 Å². The van der Waals surface area contributed by atoms with E-state index < -0.39 is 29.9 Å². The summed E-state index contributed by atoms with van der Waals surface area (Å²) in [7, 11) is -5.60. The Bertz CT molecular complexity index is 7310. The minimum absolute atomic E-state index is 0.00176. The third-order valence-corrected chi connectivity index (χ3v) is 27.3. The van der Waals surface area contributed by atoms with Gasteiger partial charge in [0.25, 0.3) is 10.0 Å². The Kier molecular flexibility index (Phi) is 33.4. The van der Waals surface area contributed by atoms with Crippen molar-refractivity contribution in [1.82, 2.24) is 13.9 Å². The number of aryl methyl sites for hydroxylation is 1. The number of fused-ring (bicyclic) bond motifs is 7. The van der Waals surface area contributed by atoms with E-state index in [1.165, 1.54) is 18.1 Å².